The molecule has 0 aromatic rings. The molecule has 12 heavy (non-hydrogen) atoms. The predicted molar refractivity (Wildman–Crippen MR) is 51.4 cm³/mol. The van der Waals surface area contributed by atoms with Crippen LogP contribution in [0.1, 0.15) is 33.1 Å². The van der Waals surface area contributed by atoms with Crippen LogP contribution < -0.4 is 0 Å². The molecule has 1 saturated carbocycles. The fraction of sp³-hybridized carbons (Fsp3) is 1.00. The number of morpholine rings is 1. The Labute approximate surface area is 75.9 Å². The summed E-state index contributed by atoms with van der Waals surface area (Å²) in [6.45, 7) is 7.28. The molecule has 2 nitrogen and oxygen atoms in total. The molecule has 2 rings (SSSR count). The highest BCUT2D eigenvalue weighted by Crippen LogP contribution is 2.42. The Hall–Kier alpha value is -0.0800. The van der Waals surface area contributed by atoms with Crippen LogP contribution in [0.25, 0.3) is 0 Å². The molecule has 2 heteroatoms. The first-order chi connectivity index (χ1) is 5.75. The van der Waals surface area contributed by atoms with Gasteiger partial charge in [-0.25, -0.2) is 0 Å². The smallest absolute Gasteiger partial charge is 0.0650 e. The van der Waals surface area contributed by atoms with Crippen molar-refractivity contribution in [1.29, 1.82) is 0 Å². The number of rotatable bonds is 0. The molecule has 1 spiro atoms. The highest BCUT2D eigenvalue weighted by molar-refractivity contribution is 5.04. The lowest BCUT2D eigenvalue weighted by molar-refractivity contribution is -0.00650. The molecule has 0 aromatic carbocycles. The third-order valence-corrected chi connectivity index (χ3v) is 2.58. The van der Waals surface area contributed by atoms with E-state index in [1.165, 1.54) is 19.3 Å². The Kier molecular flexibility index (Phi) is 3.53. The maximum absolute atomic E-state index is 5.38. The van der Waals surface area contributed by atoms with E-state index in [0.717, 1.165) is 19.8 Å². The van der Waals surface area contributed by atoms with Gasteiger partial charge in [0.05, 0.1) is 13.2 Å². The van der Waals surface area contributed by atoms with Crippen LogP contribution in [0, 0.1) is 0 Å². The SMILES string of the molecule is CCC.CN1CCOCC12CC2. The standard InChI is InChI=1S/C7H13NO.C3H8/c1-8-4-5-9-6-7(8)2-3-7;1-3-2/h2-6H2,1H3;3H2,1-2H3. The zero-order valence-electron chi connectivity index (χ0n) is 8.60. The quantitative estimate of drug-likeness (QED) is 0.552. The molecule has 2 fully saturated rings. The van der Waals surface area contributed by atoms with E-state index in [4.69, 9.17) is 4.74 Å². The second-order valence-corrected chi connectivity index (χ2v) is 3.91. The van der Waals surface area contributed by atoms with Crippen LogP contribution in [-0.2, 0) is 4.74 Å². The molecular formula is C10H21NO. The first kappa shape index (κ1) is 10.0. The Bertz CT molecular complexity index is 132. The lowest BCUT2D eigenvalue weighted by atomic mass is 10.2. The first-order valence-electron chi connectivity index (χ1n) is 5.04. The zero-order chi connectivity index (χ0) is 9.03. The van der Waals surface area contributed by atoms with Gasteiger partial charge >= 0.3 is 0 Å². The van der Waals surface area contributed by atoms with E-state index in [2.05, 4.69) is 25.8 Å². The van der Waals surface area contributed by atoms with E-state index in [-0.39, 0.29) is 0 Å². The minimum absolute atomic E-state index is 0.498. The van der Waals surface area contributed by atoms with Gasteiger partial charge in [0.15, 0.2) is 0 Å². The Morgan fingerprint density at radius 2 is 1.92 bits per heavy atom. The molecule has 0 amide bonds. The number of nitrogens with zero attached hydrogens (tertiary/aromatic N) is 1. The van der Waals surface area contributed by atoms with Crippen molar-refractivity contribution < 1.29 is 4.74 Å². The predicted octanol–water partition coefficient (Wildman–Crippen LogP) is 1.90. The van der Waals surface area contributed by atoms with Crippen LogP contribution >= 0.6 is 0 Å². The molecule has 0 unspecified atom stereocenters. The van der Waals surface area contributed by atoms with Gasteiger partial charge in [-0.2, -0.15) is 0 Å². The molecule has 2 aliphatic rings. The summed E-state index contributed by atoms with van der Waals surface area (Å²) in [5, 5.41) is 0. The van der Waals surface area contributed by atoms with Crippen LogP contribution in [0.3, 0.4) is 0 Å². The summed E-state index contributed by atoms with van der Waals surface area (Å²) in [6.07, 6.45) is 3.95. The average Bonchev–Trinajstić information content (AvgIpc) is 2.79. The van der Waals surface area contributed by atoms with Crippen LogP contribution in [0.15, 0.2) is 0 Å². The molecule has 0 aromatic heterocycles. The molecule has 1 saturated heterocycles. The van der Waals surface area contributed by atoms with Crippen LogP contribution in [0.2, 0.25) is 0 Å². The zero-order valence-corrected chi connectivity index (χ0v) is 8.60. The molecular weight excluding hydrogens is 150 g/mol. The maximum atomic E-state index is 5.38. The summed E-state index contributed by atoms with van der Waals surface area (Å²) in [5.74, 6) is 0. The maximum Gasteiger partial charge on any atom is 0.0650 e. The molecule has 0 atom stereocenters. The molecule has 0 radical (unpaired) electrons. The summed E-state index contributed by atoms with van der Waals surface area (Å²) < 4.78 is 5.38. The number of ether oxygens (including phenoxy) is 1. The molecule has 1 aliphatic heterocycles. The minimum Gasteiger partial charge on any atom is -0.378 e. The van der Waals surface area contributed by atoms with Gasteiger partial charge < -0.3 is 4.74 Å². The van der Waals surface area contributed by atoms with Crippen molar-refractivity contribution >= 4 is 0 Å². The number of hydrogen-bond donors (Lipinski definition) is 0. The van der Waals surface area contributed by atoms with Crippen molar-refractivity contribution in [3.63, 3.8) is 0 Å². The van der Waals surface area contributed by atoms with Gasteiger partial charge in [0.1, 0.15) is 0 Å². The Balaban J connectivity index is 0.000000213. The summed E-state index contributed by atoms with van der Waals surface area (Å²) >= 11 is 0. The molecule has 72 valence electrons. The van der Waals surface area contributed by atoms with Crippen LogP contribution in [0.5, 0.6) is 0 Å². The summed E-state index contributed by atoms with van der Waals surface area (Å²) in [7, 11) is 2.20. The monoisotopic (exact) mass is 171 g/mol. The third-order valence-electron chi connectivity index (χ3n) is 2.58. The van der Waals surface area contributed by atoms with Crippen LogP contribution in [-0.4, -0.2) is 37.2 Å². The van der Waals surface area contributed by atoms with E-state index in [1.54, 1.807) is 0 Å². The fourth-order valence-corrected chi connectivity index (χ4v) is 1.48. The second kappa shape index (κ2) is 4.24. The van der Waals surface area contributed by atoms with Gasteiger partial charge in [-0.3, -0.25) is 4.90 Å². The molecule has 1 heterocycles. The van der Waals surface area contributed by atoms with Crippen molar-refractivity contribution in [2.24, 2.45) is 0 Å². The van der Waals surface area contributed by atoms with Crippen molar-refractivity contribution in [3.8, 4) is 0 Å². The highest BCUT2D eigenvalue weighted by Gasteiger charge is 2.47. The highest BCUT2D eigenvalue weighted by atomic mass is 16.5. The lowest BCUT2D eigenvalue weighted by Gasteiger charge is -2.32. The second-order valence-electron chi connectivity index (χ2n) is 3.91. The largest absolute Gasteiger partial charge is 0.378 e. The van der Waals surface area contributed by atoms with Gasteiger partial charge in [-0.1, -0.05) is 20.3 Å². The Morgan fingerprint density at radius 1 is 1.33 bits per heavy atom. The van der Waals surface area contributed by atoms with Gasteiger partial charge in [0, 0.05) is 12.1 Å². The summed E-state index contributed by atoms with van der Waals surface area (Å²) in [6, 6.07) is 0. The molecule has 1 aliphatic carbocycles. The van der Waals surface area contributed by atoms with Gasteiger partial charge in [0.25, 0.3) is 0 Å². The number of likely N-dealkylation sites (N-methyl/N-ethyl adjacent to an activating group) is 1. The van der Waals surface area contributed by atoms with Crippen molar-refractivity contribution in [2.45, 2.75) is 38.6 Å². The Morgan fingerprint density at radius 3 is 2.25 bits per heavy atom. The minimum atomic E-state index is 0.498. The summed E-state index contributed by atoms with van der Waals surface area (Å²) in [4.78, 5) is 2.44. The first-order valence-corrected chi connectivity index (χ1v) is 5.04. The van der Waals surface area contributed by atoms with Gasteiger partial charge in [-0.15, -0.1) is 0 Å². The van der Waals surface area contributed by atoms with Gasteiger partial charge in [-0.05, 0) is 19.9 Å². The van der Waals surface area contributed by atoms with Crippen molar-refractivity contribution in [1.82, 2.24) is 4.90 Å². The lowest BCUT2D eigenvalue weighted by Crippen LogP contribution is -2.44. The fourth-order valence-electron chi connectivity index (χ4n) is 1.48. The average molecular weight is 171 g/mol. The summed E-state index contributed by atoms with van der Waals surface area (Å²) in [5.41, 5.74) is 0.498. The van der Waals surface area contributed by atoms with Crippen molar-refractivity contribution in [3.05, 3.63) is 0 Å². The van der Waals surface area contributed by atoms with Crippen LogP contribution in [0.4, 0.5) is 0 Å². The topological polar surface area (TPSA) is 12.5 Å². The van der Waals surface area contributed by atoms with E-state index >= 15 is 0 Å². The number of hydrogen-bond acceptors (Lipinski definition) is 2. The normalized spacial score (nSPS) is 26.2. The van der Waals surface area contributed by atoms with E-state index < -0.39 is 0 Å². The van der Waals surface area contributed by atoms with E-state index in [0.29, 0.717) is 5.54 Å². The van der Waals surface area contributed by atoms with Gasteiger partial charge in [0.2, 0.25) is 0 Å². The van der Waals surface area contributed by atoms with Crippen molar-refractivity contribution in [2.75, 3.05) is 26.8 Å². The van der Waals surface area contributed by atoms with E-state index in [9.17, 15) is 0 Å². The molecule has 0 bridgehead atoms. The molecule has 0 N–H and O–H groups in total. The van der Waals surface area contributed by atoms with E-state index in [1.807, 2.05) is 0 Å². The third kappa shape index (κ3) is 2.20.